The van der Waals surface area contributed by atoms with Gasteiger partial charge in [-0.25, -0.2) is 8.42 Å². The molecule has 0 aliphatic carbocycles. The Kier molecular flexibility index (Phi) is 11.5. The number of aryl methyl sites for hydroxylation is 2. The Balaban J connectivity index is 1.78. The van der Waals surface area contributed by atoms with Gasteiger partial charge in [-0.2, -0.15) is 0 Å². The third-order valence-corrected chi connectivity index (χ3v) is 10.1. The monoisotopic (exact) mass is 600 g/mol. The third-order valence-electron chi connectivity index (χ3n) is 8.92. The molecule has 1 heterocycles. The SMILES string of the molecule is CCCCCCCCCCCCc1ccc(S(C)(=O)=O)c(-c2c(C)n(CC)c3ccccc23)c1-c1ccc(N(C)C)cc1. The van der Waals surface area contributed by atoms with Gasteiger partial charge >= 0.3 is 0 Å². The van der Waals surface area contributed by atoms with Crippen molar-refractivity contribution in [2.75, 3.05) is 25.3 Å². The molecule has 0 radical (unpaired) electrons. The molecule has 3 aromatic carbocycles. The predicted molar refractivity (Wildman–Crippen MR) is 186 cm³/mol. The second-order valence-electron chi connectivity index (χ2n) is 12.3. The fourth-order valence-corrected chi connectivity index (χ4v) is 7.50. The van der Waals surface area contributed by atoms with Gasteiger partial charge in [-0.3, -0.25) is 0 Å². The van der Waals surface area contributed by atoms with Crippen LogP contribution in [0.1, 0.15) is 89.3 Å². The second kappa shape index (κ2) is 15.1. The van der Waals surface area contributed by atoms with Gasteiger partial charge in [-0.1, -0.05) is 101 Å². The van der Waals surface area contributed by atoms with E-state index in [9.17, 15) is 8.42 Å². The lowest BCUT2D eigenvalue weighted by Gasteiger charge is -2.21. The van der Waals surface area contributed by atoms with Crippen molar-refractivity contribution in [2.24, 2.45) is 0 Å². The number of sulfone groups is 1. The van der Waals surface area contributed by atoms with Crippen LogP contribution in [0.4, 0.5) is 5.69 Å². The third kappa shape index (κ3) is 7.73. The Hall–Kier alpha value is -3.05. The highest BCUT2D eigenvalue weighted by atomic mass is 32.2. The number of para-hydroxylation sites is 1. The summed E-state index contributed by atoms with van der Waals surface area (Å²) in [5.74, 6) is 0. The molecule has 43 heavy (non-hydrogen) atoms. The van der Waals surface area contributed by atoms with E-state index in [-0.39, 0.29) is 0 Å². The first-order valence-corrected chi connectivity index (χ1v) is 18.3. The van der Waals surface area contributed by atoms with Crippen molar-refractivity contribution >= 4 is 26.4 Å². The summed E-state index contributed by atoms with van der Waals surface area (Å²) in [6, 6.07) is 21.0. The van der Waals surface area contributed by atoms with Gasteiger partial charge in [0.2, 0.25) is 0 Å². The fraction of sp³-hybridized carbons (Fsp3) is 0.474. The molecule has 0 amide bonds. The minimum Gasteiger partial charge on any atom is -0.378 e. The predicted octanol–water partition coefficient (Wildman–Crippen LogP) is 10.2. The number of anilines is 1. The zero-order chi connectivity index (χ0) is 31.0. The highest BCUT2D eigenvalue weighted by molar-refractivity contribution is 7.90. The van der Waals surface area contributed by atoms with Crippen LogP contribution in [0.3, 0.4) is 0 Å². The Morgan fingerprint density at radius 3 is 1.88 bits per heavy atom. The first kappa shape index (κ1) is 32.9. The molecular formula is C38H52N2O2S. The van der Waals surface area contributed by atoms with E-state index in [1.165, 1.54) is 69.6 Å². The van der Waals surface area contributed by atoms with Crippen molar-refractivity contribution in [1.82, 2.24) is 4.57 Å². The van der Waals surface area contributed by atoms with E-state index in [0.29, 0.717) is 4.90 Å². The number of fused-ring (bicyclic) bond motifs is 1. The van der Waals surface area contributed by atoms with Crippen LogP contribution in [-0.2, 0) is 22.8 Å². The number of aromatic nitrogens is 1. The smallest absolute Gasteiger partial charge is 0.176 e. The fourth-order valence-electron chi connectivity index (χ4n) is 6.61. The summed E-state index contributed by atoms with van der Waals surface area (Å²) in [5, 5.41) is 1.11. The van der Waals surface area contributed by atoms with Gasteiger partial charge in [0.15, 0.2) is 9.84 Å². The Morgan fingerprint density at radius 1 is 0.698 bits per heavy atom. The number of unbranched alkanes of at least 4 members (excludes halogenated alkanes) is 9. The molecule has 0 unspecified atom stereocenters. The van der Waals surface area contributed by atoms with Crippen molar-refractivity contribution in [2.45, 2.75) is 103 Å². The van der Waals surface area contributed by atoms with Gasteiger partial charge in [0, 0.05) is 60.3 Å². The van der Waals surface area contributed by atoms with Gasteiger partial charge in [0.25, 0.3) is 0 Å². The molecule has 0 atom stereocenters. The van der Waals surface area contributed by atoms with E-state index in [1.807, 2.05) is 20.2 Å². The molecule has 0 spiro atoms. The summed E-state index contributed by atoms with van der Waals surface area (Å²) in [6.45, 7) is 7.39. The molecule has 1 aromatic heterocycles. The maximum atomic E-state index is 13.4. The van der Waals surface area contributed by atoms with Crippen LogP contribution in [0.15, 0.2) is 65.6 Å². The lowest BCUT2D eigenvalue weighted by atomic mass is 9.87. The Bertz CT molecular complexity index is 1600. The minimum atomic E-state index is -3.49. The van der Waals surface area contributed by atoms with E-state index in [1.54, 1.807) is 0 Å². The summed E-state index contributed by atoms with van der Waals surface area (Å²) in [5.41, 5.74) is 8.63. The average Bonchev–Trinajstić information content (AvgIpc) is 3.27. The maximum absolute atomic E-state index is 13.4. The molecule has 0 saturated heterocycles. The molecule has 0 aliphatic heterocycles. The molecule has 4 aromatic rings. The zero-order valence-electron chi connectivity index (χ0n) is 27.4. The van der Waals surface area contributed by atoms with Crippen molar-refractivity contribution in [3.05, 3.63) is 71.9 Å². The van der Waals surface area contributed by atoms with Crippen molar-refractivity contribution < 1.29 is 8.42 Å². The second-order valence-corrected chi connectivity index (χ2v) is 14.3. The number of rotatable bonds is 16. The molecule has 0 saturated carbocycles. The van der Waals surface area contributed by atoms with E-state index in [4.69, 9.17) is 0 Å². The van der Waals surface area contributed by atoms with Gasteiger partial charge in [0.1, 0.15) is 0 Å². The van der Waals surface area contributed by atoms with Crippen molar-refractivity contribution in [3.63, 3.8) is 0 Å². The van der Waals surface area contributed by atoms with Gasteiger partial charge in [0.05, 0.1) is 4.90 Å². The lowest BCUT2D eigenvalue weighted by molar-refractivity contribution is 0.556. The lowest BCUT2D eigenvalue weighted by Crippen LogP contribution is -2.08. The van der Waals surface area contributed by atoms with Gasteiger partial charge < -0.3 is 9.47 Å². The molecule has 0 bridgehead atoms. The molecule has 5 heteroatoms. The summed E-state index contributed by atoms with van der Waals surface area (Å²) < 4.78 is 29.1. The van der Waals surface area contributed by atoms with Crippen LogP contribution in [-0.4, -0.2) is 33.3 Å². The molecule has 4 nitrogen and oxygen atoms in total. The van der Waals surface area contributed by atoms with Crippen LogP contribution < -0.4 is 4.90 Å². The minimum absolute atomic E-state index is 0.410. The molecule has 4 rings (SSSR count). The first-order chi connectivity index (χ1) is 20.7. The summed E-state index contributed by atoms with van der Waals surface area (Å²) in [7, 11) is 0.597. The molecule has 0 aliphatic rings. The highest BCUT2D eigenvalue weighted by Gasteiger charge is 2.26. The number of benzene rings is 3. The van der Waals surface area contributed by atoms with Crippen LogP contribution >= 0.6 is 0 Å². The zero-order valence-corrected chi connectivity index (χ0v) is 28.2. The topological polar surface area (TPSA) is 42.3 Å². The molecule has 232 valence electrons. The van der Waals surface area contributed by atoms with E-state index < -0.39 is 9.84 Å². The number of hydrogen-bond donors (Lipinski definition) is 0. The number of nitrogens with zero attached hydrogens (tertiary/aromatic N) is 2. The first-order valence-electron chi connectivity index (χ1n) is 16.4. The maximum Gasteiger partial charge on any atom is 0.176 e. The molecule has 0 fully saturated rings. The van der Waals surface area contributed by atoms with Crippen LogP contribution in [0, 0.1) is 6.92 Å². The van der Waals surface area contributed by atoms with Crippen molar-refractivity contribution in [1.29, 1.82) is 0 Å². The number of hydrogen-bond acceptors (Lipinski definition) is 3. The Morgan fingerprint density at radius 2 is 1.30 bits per heavy atom. The standard InChI is InChI=1S/C38H52N2O2S/c1-7-9-10-11-12-13-14-15-16-17-20-30-25-28-35(43(6,41)42)38(37(30)31-23-26-32(27-24-31)39(4)5)36-29(3)40(8-2)34-22-19-18-21-33(34)36/h18-19,21-28H,7-17,20H2,1-6H3. The van der Waals surface area contributed by atoms with E-state index >= 15 is 0 Å². The molecular weight excluding hydrogens is 548 g/mol. The van der Waals surface area contributed by atoms with Crippen molar-refractivity contribution in [3.8, 4) is 22.3 Å². The van der Waals surface area contributed by atoms with E-state index in [2.05, 4.69) is 84.8 Å². The van der Waals surface area contributed by atoms with Gasteiger partial charge in [-0.05, 0) is 67.6 Å². The largest absolute Gasteiger partial charge is 0.378 e. The van der Waals surface area contributed by atoms with Crippen LogP contribution in [0.25, 0.3) is 33.2 Å². The van der Waals surface area contributed by atoms with Crippen LogP contribution in [0.5, 0.6) is 0 Å². The normalized spacial score (nSPS) is 11.9. The van der Waals surface area contributed by atoms with Gasteiger partial charge in [-0.15, -0.1) is 0 Å². The quantitative estimate of drug-likeness (QED) is 0.120. The Labute approximate surface area is 261 Å². The molecule has 0 N–H and O–H groups in total. The summed E-state index contributed by atoms with van der Waals surface area (Å²) in [6.07, 6.45) is 15.2. The van der Waals surface area contributed by atoms with E-state index in [0.717, 1.165) is 63.9 Å². The highest BCUT2D eigenvalue weighted by Crippen LogP contribution is 2.45. The summed E-state index contributed by atoms with van der Waals surface area (Å²) >= 11 is 0. The average molecular weight is 601 g/mol. The summed E-state index contributed by atoms with van der Waals surface area (Å²) in [4.78, 5) is 2.51. The van der Waals surface area contributed by atoms with Crippen LogP contribution in [0.2, 0.25) is 0 Å².